The molecule has 0 aliphatic carbocycles. The molecule has 36 nitrogen and oxygen atoms in total. The number of carbonyl (C=O) groups is 9. The Labute approximate surface area is 707 Å². The highest BCUT2D eigenvalue weighted by Gasteiger charge is 2.53. The number of aldehydes is 1. The lowest BCUT2D eigenvalue weighted by molar-refractivity contribution is -0.334. The second-order valence-corrected chi connectivity index (χ2v) is 31.6. The van der Waals surface area contributed by atoms with Gasteiger partial charge in [-0.1, -0.05) is 110 Å². The Hall–Kier alpha value is -11.2. The molecule has 19 atom stereocenters. The number of aromatic hydroxyl groups is 3. The molecule has 13 unspecified atom stereocenters. The molecule has 7 aliphatic heterocycles. The van der Waals surface area contributed by atoms with E-state index in [1.54, 1.807) is 6.92 Å². The number of primary amides is 1. The number of esters is 1. The third kappa shape index (κ3) is 19.5. The van der Waals surface area contributed by atoms with Crippen LogP contribution in [0.3, 0.4) is 0 Å². The minimum absolute atomic E-state index is 0.0159. The van der Waals surface area contributed by atoms with E-state index in [9.17, 15) is 70.2 Å². The van der Waals surface area contributed by atoms with Gasteiger partial charge in [-0.3, -0.25) is 33.6 Å². The number of halogens is 2. The smallest absolute Gasteiger partial charge is 0.336 e. The molecule has 122 heavy (non-hydrogen) atoms. The standard InChI is InChI=1S/C84H93Cl2N9O27/c1-37(2)22-51(88-5)75(108)93-66-68(103)43-17-20-55(49(85)24-43)118-57-26-45-27-58(72(57)122-82-73(71(106)70(105)60(33-96)120-82)121-62-31-83(4,74(107)38(3)117-62)89-32-59(81(114)115-6)116-34-39-12-14-41(15-13-39)40-10-8-7-9-11-40)119-56-21-18-44(25-50(56)86)69(104)67-80(113)95-84(35-97,36-98)48-28-46(99)29-54(101)63(48)47-23-42(16-19-53(47)100)64(77(110)94-67)92-78(111)65(45)91-76(109)52(30-61(87)102)90-79(66)112/h7-21,23-29,35,37-38,51-52,59-60,62,64-71,73-74,82,88-89,96,98-101,103-107H,22,30-34,36H2,1-6H3,(H2,87,102)(H,90,112)(H,91,109)(H,92,111)(H,93,108)(H,94,110)(H,95,113)/t38?,51-,52+,59?,60?,62?,64?,65-,66?,67+,68-,69-,70?,71?,73?,74?,82?,83?,84?/m1/s1. The van der Waals surface area contributed by atoms with E-state index in [1.165, 1.54) is 33.2 Å². The van der Waals surface area contributed by atoms with E-state index in [1.807, 2.05) is 68.4 Å². The summed E-state index contributed by atoms with van der Waals surface area (Å²) in [5, 5.41) is 138. The Kier molecular flexibility index (Phi) is 28.1. The number of fused-ring (bicyclic) bond motifs is 15. The number of nitrogens with two attached hydrogens (primary N) is 1. The first-order valence-corrected chi connectivity index (χ1v) is 39.5. The fourth-order valence-corrected chi connectivity index (χ4v) is 15.6. The van der Waals surface area contributed by atoms with Crippen molar-refractivity contribution in [2.45, 2.75) is 168 Å². The number of ether oxygens (including phenoxy) is 8. The van der Waals surface area contributed by atoms with Crippen LogP contribution in [0.1, 0.15) is 105 Å². The molecule has 7 aromatic rings. The van der Waals surface area contributed by atoms with Gasteiger partial charge in [-0.25, -0.2) is 4.79 Å². The van der Waals surface area contributed by atoms with Crippen molar-refractivity contribution in [1.82, 2.24) is 42.5 Å². The molecule has 7 aliphatic rings. The van der Waals surface area contributed by atoms with Crippen molar-refractivity contribution in [1.29, 1.82) is 0 Å². The van der Waals surface area contributed by atoms with Crippen LogP contribution in [-0.2, 0) is 79.0 Å². The van der Waals surface area contributed by atoms with E-state index in [0.717, 1.165) is 77.9 Å². The zero-order chi connectivity index (χ0) is 88.1. The van der Waals surface area contributed by atoms with Crippen molar-refractivity contribution < 1.29 is 132 Å². The first-order chi connectivity index (χ1) is 58.1. The summed E-state index contributed by atoms with van der Waals surface area (Å²) in [5.41, 5.74) is 1.24. The Morgan fingerprint density at radius 2 is 1.32 bits per heavy atom. The molecular formula is C84H93Cl2N9O27. The number of aliphatic hydroxyl groups is 7. The number of aliphatic hydroxyl groups excluding tert-OH is 7. The molecule has 0 saturated carbocycles. The average molecular weight is 1730 g/mol. The van der Waals surface area contributed by atoms with Gasteiger partial charge in [-0.05, 0) is 127 Å². The summed E-state index contributed by atoms with van der Waals surface area (Å²) >= 11 is 14.3. The molecule has 7 amide bonds. The number of benzene rings is 7. The molecule has 20 N–H and O–H groups in total. The van der Waals surface area contributed by atoms with Gasteiger partial charge in [-0.2, -0.15) is 0 Å². The molecular weight excluding hydrogens is 1640 g/mol. The SMILES string of the molecule is CN[C@H](CC(C)C)C(=O)NC1C(=O)N[C@@H](CC(N)=O)C(=O)N[C@H]2C(=O)NC3C(=O)N[C@H](C(=O)NC(C=O)(CO)c4cc(O)cc(O)c4-c4cc3ccc4O)[C@H](O)c3ccc(c(Cl)c3)Oc3cc2cc(c3OC2OC(CO)C(O)C(O)C2OC2CC(C)(NCC(OCc3ccc(-c4ccccc4)cc3)C(=O)OC)C(O)C(C)O2)Oc2ccc(cc2Cl)[C@H]1O. The highest BCUT2D eigenvalue weighted by molar-refractivity contribution is 6.32. The zero-order valence-electron chi connectivity index (χ0n) is 66.4. The van der Waals surface area contributed by atoms with Crippen molar-refractivity contribution in [3.8, 4) is 68.2 Å². The summed E-state index contributed by atoms with van der Waals surface area (Å²) in [4.78, 5) is 132. The number of phenols is 3. The number of nitrogens with one attached hydrogen (secondary N) is 8. The lowest BCUT2D eigenvalue weighted by Gasteiger charge is -2.48. The Balaban J connectivity index is 1.02. The maximum absolute atomic E-state index is 16.3. The quantitative estimate of drug-likeness (QED) is 0.0342. The number of rotatable bonds is 22. The van der Waals surface area contributed by atoms with Crippen molar-refractivity contribution in [2.24, 2.45) is 11.7 Å². The number of hydrogen-bond acceptors (Lipinski definition) is 29. The summed E-state index contributed by atoms with van der Waals surface area (Å²) < 4.78 is 50.7. The van der Waals surface area contributed by atoms with Crippen LogP contribution in [0.15, 0.2) is 133 Å². The van der Waals surface area contributed by atoms with Crippen LogP contribution in [0.25, 0.3) is 22.3 Å². The summed E-state index contributed by atoms with van der Waals surface area (Å²) in [6.45, 7) is 4.00. The number of amides is 7. The molecule has 38 heteroatoms. The highest BCUT2D eigenvalue weighted by Crippen LogP contribution is 2.50. The van der Waals surface area contributed by atoms with E-state index in [0.29, 0.717) is 5.56 Å². The van der Waals surface area contributed by atoms with E-state index < -0.39 is 254 Å². The largest absolute Gasteiger partial charge is 0.508 e. The van der Waals surface area contributed by atoms with E-state index in [4.69, 9.17) is 66.8 Å². The van der Waals surface area contributed by atoms with Gasteiger partial charge in [0.15, 0.2) is 36.3 Å². The van der Waals surface area contributed by atoms with E-state index >= 15 is 24.0 Å². The molecule has 2 fully saturated rings. The minimum Gasteiger partial charge on any atom is -0.508 e. The number of hydrogen-bond donors (Lipinski definition) is 19. The van der Waals surface area contributed by atoms with Gasteiger partial charge in [0.25, 0.3) is 0 Å². The lowest BCUT2D eigenvalue weighted by Crippen LogP contribution is -2.66. The minimum atomic E-state index is -2.72. The molecule has 2 saturated heterocycles. The number of likely N-dealkylation sites (N-methyl/N-ethyl adjacent to an activating group) is 1. The van der Waals surface area contributed by atoms with Crippen molar-refractivity contribution in [3.63, 3.8) is 0 Å². The Morgan fingerprint density at radius 1 is 0.697 bits per heavy atom. The summed E-state index contributed by atoms with van der Waals surface area (Å²) in [6, 6.07) is 18.4. The first kappa shape index (κ1) is 90.1. The van der Waals surface area contributed by atoms with Gasteiger partial charge < -0.3 is 142 Å². The van der Waals surface area contributed by atoms with Crippen molar-refractivity contribution >= 4 is 76.8 Å². The zero-order valence-corrected chi connectivity index (χ0v) is 67.9. The Morgan fingerprint density at radius 3 is 1.93 bits per heavy atom. The molecule has 0 spiro atoms. The first-order valence-electron chi connectivity index (χ1n) is 38.7. The van der Waals surface area contributed by atoms with Crippen molar-refractivity contribution in [3.05, 3.63) is 177 Å². The van der Waals surface area contributed by atoms with Crippen LogP contribution < -0.4 is 62.5 Å². The molecule has 14 rings (SSSR count). The van der Waals surface area contributed by atoms with Crippen LogP contribution >= 0.6 is 23.2 Å². The molecule has 0 aromatic heterocycles. The maximum atomic E-state index is 16.3. The van der Waals surface area contributed by atoms with Gasteiger partial charge in [-0.15, -0.1) is 0 Å². The highest BCUT2D eigenvalue weighted by atomic mass is 35.5. The maximum Gasteiger partial charge on any atom is 0.336 e. The number of carbonyl (C=O) groups excluding carboxylic acids is 9. The molecule has 7 aromatic carbocycles. The van der Waals surface area contributed by atoms with Gasteiger partial charge in [0.05, 0.1) is 61.6 Å². The monoisotopic (exact) mass is 1730 g/mol. The number of phenolic OH excluding ortho intramolecular Hbond substituents is 3. The molecule has 0 radical (unpaired) electrons. The normalized spacial score (nSPS) is 27.2. The van der Waals surface area contributed by atoms with Gasteiger partial charge in [0.2, 0.25) is 53.4 Å². The average Bonchev–Trinajstić information content (AvgIpc) is 0.741. The van der Waals surface area contributed by atoms with Crippen molar-refractivity contribution in [2.75, 3.05) is 33.9 Å². The molecule has 7 heterocycles. The summed E-state index contributed by atoms with van der Waals surface area (Å²) in [6.07, 6.45) is -20.9. The van der Waals surface area contributed by atoms with Crippen LogP contribution in [0.5, 0.6) is 46.0 Å². The third-order valence-electron chi connectivity index (χ3n) is 21.8. The molecule has 11 bridgehead atoms. The van der Waals surface area contributed by atoms with Gasteiger partial charge >= 0.3 is 5.97 Å². The predicted octanol–water partition coefficient (Wildman–Crippen LogP) is 2.42. The third-order valence-corrected chi connectivity index (χ3v) is 22.4. The Bertz CT molecular complexity index is 5090. The van der Waals surface area contributed by atoms with Crippen LogP contribution in [-0.4, -0.2) is 224 Å². The molecule has 650 valence electrons. The topological polar surface area (TPSA) is 552 Å². The van der Waals surface area contributed by atoms with Crippen LogP contribution in [0.4, 0.5) is 0 Å². The second kappa shape index (κ2) is 38.1. The second-order valence-electron chi connectivity index (χ2n) is 30.8. The van der Waals surface area contributed by atoms with Gasteiger partial charge in [0.1, 0.15) is 95.0 Å². The van der Waals surface area contributed by atoms with Gasteiger partial charge in [0, 0.05) is 41.3 Å². The van der Waals surface area contributed by atoms with E-state index in [2.05, 4.69) is 42.5 Å². The predicted molar refractivity (Wildman–Crippen MR) is 430 cm³/mol. The fraction of sp³-hybridized carbons (Fsp3) is 0.393. The fourth-order valence-electron chi connectivity index (χ4n) is 15.1. The number of methoxy groups -OCH3 is 1. The van der Waals surface area contributed by atoms with Crippen LogP contribution in [0, 0.1) is 5.92 Å². The summed E-state index contributed by atoms with van der Waals surface area (Å²) in [7, 11) is 2.64. The summed E-state index contributed by atoms with van der Waals surface area (Å²) in [5.74, 6) is -15.3. The lowest BCUT2D eigenvalue weighted by atomic mass is 9.83. The van der Waals surface area contributed by atoms with E-state index in [-0.39, 0.29) is 60.6 Å². The van der Waals surface area contributed by atoms with Crippen LogP contribution in [0.2, 0.25) is 10.0 Å².